The second-order valence-electron chi connectivity index (χ2n) is 6.18. The number of urea groups is 1. The predicted octanol–water partition coefficient (Wildman–Crippen LogP) is 2.43. The van der Waals surface area contributed by atoms with Crippen molar-refractivity contribution in [3.05, 3.63) is 11.6 Å². The monoisotopic (exact) mass is 294 g/mol. The third-order valence-corrected chi connectivity index (χ3v) is 4.73. The fraction of sp³-hybridized carbons (Fsp3) is 0.812. The molecule has 1 spiro atoms. The molecule has 0 saturated carbocycles. The maximum absolute atomic E-state index is 12.2. The van der Waals surface area contributed by atoms with E-state index in [4.69, 9.17) is 9.47 Å². The van der Waals surface area contributed by atoms with Gasteiger partial charge in [-0.25, -0.2) is 4.79 Å². The number of ether oxygens (including phenoxy) is 2. The number of piperidine rings is 1. The Kier molecular flexibility index (Phi) is 4.80. The molecule has 118 valence electrons. The van der Waals surface area contributed by atoms with E-state index < -0.39 is 5.79 Å². The molecule has 0 aromatic rings. The first kappa shape index (κ1) is 14.9. The average molecular weight is 294 g/mol. The fourth-order valence-electron chi connectivity index (χ4n) is 3.41. The first-order valence-corrected chi connectivity index (χ1v) is 8.26. The van der Waals surface area contributed by atoms with Crippen LogP contribution in [0, 0.1) is 0 Å². The normalized spacial score (nSPS) is 25.0. The summed E-state index contributed by atoms with van der Waals surface area (Å²) in [5.41, 5.74) is 1.51. The molecule has 0 radical (unpaired) electrons. The van der Waals surface area contributed by atoms with Gasteiger partial charge >= 0.3 is 6.03 Å². The molecule has 0 atom stereocenters. The van der Waals surface area contributed by atoms with Crippen LogP contribution < -0.4 is 5.32 Å². The Bertz CT molecular complexity index is 392. The highest BCUT2D eigenvalue weighted by atomic mass is 16.7. The van der Waals surface area contributed by atoms with E-state index >= 15 is 0 Å². The van der Waals surface area contributed by atoms with E-state index in [1.54, 1.807) is 0 Å². The second-order valence-corrected chi connectivity index (χ2v) is 6.18. The van der Waals surface area contributed by atoms with Crippen LogP contribution >= 0.6 is 0 Å². The van der Waals surface area contributed by atoms with Gasteiger partial charge in [0, 0.05) is 32.5 Å². The zero-order valence-corrected chi connectivity index (χ0v) is 12.7. The van der Waals surface area contributed by atoms with Crippen LogP contribution in [-0.2, 0) is 9.47 Å². The number of nitrogens with one attached hydrogen (secondary N) is 1. The van der Waals surface area contributed by atoms with Crippen LogP contribution in [0.2, 0.25) is 0 Å². The fourth-order valence-corrected chi connectivity index (χ4v) is 3.41. The summed E-state index contributed by atoms with van der Waals surface area (Å²) in [6.45, 7) is 3.55. The molecule has 0 bridgehead atoms. The summed E-state index contributed by atoms with van der Waals surface area (Å²) in [7, 11) is 0. The van der Waals surface area contributed by atoms with E-state index in [2.05, 4.69) is 11.4 Å². The molecule has 3 aliphatic rings. The number of carbonyl (C=O) groups is 1. The molecular formula is C16H26N2O3. The Morgan fingerprint density at radius 3 is 2.67 bits per heavy atom. The van der Waals surface area contributed by atoms with Crippen molar-refractivity contribution in [2.24, 2.45) is 0 Å². The molecule has 2 saturated heterocycles. The van der Waals surface area contributed by atoms with E-state index in [0.29, 0.717) is 26.3 Å². The molecular weight excluding hydrogens is 268 g/mol. The lowest BCUT2D eigenvalue weighted by Gasteiger charge is -2.37. The molecule has 2 fully saturated rings. The number of hydrogen-bond donors (Lipinski definition) is 1. The van der Waals surface area contributed by atoms with Crippen molar-refractivity contribution in [3.8, 4) is 0 Å². The minimum Gasteiger partial charge on any atom is -0.347 e. The highest BCUT2D eigenvalue weighted by Crippen LogP contribution is 2.31. The van der Waals surface area contributed by atoms with Crippen LogP contribution in [0.4, 0.5) is 4.79 Å². The Hall–Kier alpha value is -1.07. The van der Waals surface area contributed by atoms with Gasteiger partial charge in [0.1, 0.15) is 0 Å². The van der Waals surface area contributed by atoms with Crippen LogP contribution in [0.5, 0.6) is 0 Å². The lowest BCUT2D eigenvalue weighted by Crippen LogP contribution is -2.50. The van der Waals surface area contributed by atoms with E-state index in [1.807, 2.05) is 4.90 Å². The van der Waals surface area contributed by atoms with Gasteiger partial charge in [0.15, 0.2) is 5.79 Å². The van der Waals surface area contributed by atoms with Gasteiger partial charge in [0.05, 0.1) is 13.2 Å². The van der Waals surface area contributed by atoms with Gasteiger partial charge < -0.3 is 19.7 Å². The topological polar surface area (TPSA) is 50.8 Å². The van der Waals surface area contributed by atoms with Crippen molar-refractivity contribution in [1.82, 2.24) is 10.2 Å². The predicted molar refractivity (Wildman–Crippen MR) is 80.0 cm³/mol. The minimum atomic E-state index is -0.399. The number of allylic oxidation sites excluding steroid dienone is 1. The van der Waals surface area contributed by atoms with E-state index in [-0.39, 0.29) is 6.03 Å². The van der Waals surface area contributed by atoms with E-state index in [9.17, 15) is 4.79 Å². The number of carbonyl (C=O) groups excluding carboxylic acids is 1. The molecule has 3 rings (SSSR count). The quantitative estimate of drug-likeness (QED) is 0.813. The van der Waals surface area contributed by atoms with Crippen molar-refractivity contribution >= 4 is 6.03 Å². The number of nitrogens with zero attached hydrogens (tertiary/aromatic N) is 1. The van der Waals surface area contributed by atoms with Crippen molar-refractivity contribution in [3.63, 3.8) is 0 Å². The molecule has 2 amide bonds. The van der Waals surface area contributed by atoms with Gasteiger partial charge in [-0.3, -0.25) is 0 Å². The number of rotatable bonds is 3. The summed E-state index contributed by atoms with van der Waals surface area (Å²) in [6.07, 6.45) is 9.93. The molecule has 0 unspecified atom stereocenters. The smallest absolute Gasteiger partial charge is 0.317 e. The van der Waals surface area contributed by atoms with Gasteiger partial charge in [-0.2, -0.15) is 0 Å². The van der Waals surface area contributed by atoms with Crippen LogP contribution in [0.3, 0.4) is 0 Å². The van der Waals surface area contributed by atoms with Crippen LogP contribution in [0.15, 0.2) is 11.6 Å². The van der Waals surface area contributed by atoms with Crippen LogP contribution in [0.25, 0.3) is 0 Å². The molecule has 0 aromatic carbocycles. The molecule has 5 nitrogen and oxygen atoms in total. The minimum absolute atomic E-state index is 0.0549. The van der Waals surface area contributed by atoms with Crippen molar-refractivity contribution in [2.45, 2.75) is 50.7 Å². The third kappa shape index (κ3) is 3.77. The standard InChI is InChI=1S/C16H26N2O3/c19-15(17-9-6-14-4-2-1-3-5-14)18-10-7-16(8-11-18)20-12-13-21-16/h4H,1-3,5-13H2,(H,17,19). The molecule has 21 heavy (non-hydrogen) atoms. The Labute approximate surface area is 126 Å². The van der Waals surface area contributed by atoms with Crippen LogP contribution in [0.1, 0.15) is 44.9 Å². The van der Waals surface area contributed by atoms with Gasteiger partial charge in [-0.15, -0.1) is 0 Å². The van der Waals surface area contributed by atoms with Crippen molar-refractivity contribution < 1.29 is 14.3 Å². The second kappa shape index (κ2) is 6.79. The van der Waals surface area contributed by atoms with E-state index in [1.165, 1.54) is 31.3 Å². The van der Waals surface area contributed by atoms with Gasteiger partial charge in [-0.1, -0.05) is 11.6 Å². The Morgan fingerprint density at radius 1 is 1.24 bits per heavy atom. The summed E-state index contributed by atoms with van der Waals surface area (Å²) >= 11 is 0. The summed E-state index contributed by atoms with van der Waals surface area (Å²) in [5, 5.41) is 3.04. The third-order valence-electron chi connectivity index (χ3n) is 4.73. The lowest BCUT2D eigenvalue weighted by molar-refractivity contribution is -0.181. The highest BCUT2D eigenvalue weighted by molar-refractivity contribution is 5.74. The maximum atomic E-state index is 12.2. The zero-order valence-electron chi connectivity index (χ0n) is 12.7. The summed E-state index contributed by atoms with van der Waals surface area (Å²) in [4.78, 5) is 14.0. The zero-order chi connectivity index (χ0) is 14.5. The van der Waals surface area contributed by atoms with E-state index in [0.717, 1.165) is 25.8 Å². The molecule has 2 aliphatic heterocycles. The Morgan fingerprint density at radius 2 is 2.00 bits per heavy atom. The summed E-state index contributed by atoms with van der Waals surface area (Å²) in [5.74, 6) is -0.399. The molecule has 2 heterocycles. The first-order chi connectivity index (χ1) is 10.3. The average Bonchev–Trinajstić information content (AvgIpc) is 2.97. The number of hydrogen-bond acceptors (Lipinski definition) is 3. The van der Waals surface area contributed by atoms with Gasteiger partial charge in [0.2, 0.25) is 0 Å². The molecule has 1 N–H and O–H groups in total. The number of likely N-dealkylation sites (tertiary alicyclic amines) is 1. The van der Waals surface area contributed by atoms with Gasteiger partial charge in [0.25, 0.3) is 0 Å². The van der Waals surface area contributed by atoms with Crippen LogP contribution in [-0.4, -0.2) is 49.6 Å². The first-order valence-electron chi connectivity index (χ1n) is 8.26. The van der Waals surface area contributed by atoms with Crippen molar-refractivity contribution in [1.29, 1.82) is 0 Å². The summed E-state index contributed by atoms with van der Waals surface area (Å²) in [6, 6.07) is 0.0549. The van der Waals surface area contributed by atoms with Crippen molar-refractivity contribution in [2.75, 3.05) is 32.8 Å². The maximum Gasteiger partial charge on any atom is 0.317 e. The molecule has 5 heteroatoms. The lowest BCUT2D eigenvalue weighted by atomic mass is 9.97. The Balaban J connectivity index is 1.37. The highest BCUT2D eigenvalue weighted by Gasteiger charge is 2.40. The summed E-state index contributed by atoms with van der Waals surface area (Å²) < 4.78 is 11.4. The number of amides is 2. The molecule has 1 aliphatic carbocycles. The van der Waals surface area contributed by atoms with Gasteiger partial charge in [-0.05, 0) is 32.1 Å². The molecule has 0 aromatic heterocycles. The largest absolute Gasteiger partial charge is 0.347 e. The SMILES string of the molecule is O=C(NCCC1=CCCCC1)N1CCC2(CC1)OCCO2.